The number of hydrogen-bond acceptors (Lipinski definition) is 3. The Bertz CT molecular complexity index is 3820. The normalized spacial score (nSPS) is 15.1. The molecule has 0 atom stereocenters. The number of benzene rings is 11. The van der Waals surface area contributed by atoms with Crippen molar-refractivity contribution < 1.29 is 0 Å². The lowest BCUT2D eigenvalue weighted by atomic mass is 9.33. The molecule has 5 aliphatic rings. The molecule has 2 heterocycles. The number of rotatable bonds is 7. The number of fused-ring (bicyclic) bond motifs is 4. The first-order chi connectivity index (χ1) is 35.8. The molecule has 0 unspecified atom stereocenters. The molecule has 0 spiro atoms. The third-order valence-corrected chi connectivity index (χ3v) is 15.8. The van der Waals surface area contributed by atoms with E-state index in [9.17, 15) is 0 Å². The van der Waals surface area contributed by atoms with Gasteiger partial charge >= 0.3 is 0 Å². The zero-order chi connectivity index (χ0) is 47.3. The van der Waals surface area contributed by atoms with Crippen LogP contribution in [0.25, 0.3) is 22.3 Å². The van der Waals surface area contributed by atoms with Gasteiger partial charge in [-0.2, -0.15) is 0 Å². The lowest BCUT2D eigenvalue weighted by Gasteiger charge is -2.45. The summed E-state index contributed by atoms with van der Waals surface area (Å²) in [6.07, 6.45) is 0. The monoisotopic (exact) mass is 915 g/mol. The summed E-state index contributed by atoms with van der Waals surface area (Å²) in [6.45, 7) is -0.0424. The van der Waals surface area contributed by atoms with E-state index in [0.717, 1.165) is 28.4 Å². The Morgan fingerprint density at radius 3 is 1.47 bits per heavy atom. The van der Waals surface area contributed by atoms with Crippen molar-refractivity contribution in [2.24, 2.45) is 0 Å². The van der Waals surface area contributed by atoms with Crippen molar-refractivity contribution >= 4 is 74.3 Å². The maximum absolute atomic E-state index is 2.56. The summed E-state index contributed by atoms with van der Waals surface area (Å²) < 4.78 is 0. The van der Waals surface area contributed by atoms with Crippen molar-refractivity contribution in [1.29, 1.82) is 0 Å². The fourth-order valence-corrected chi connectivity index (χ4v) is 12.9. The SMILES string of the molecule is c1ccc(-c2cccc(N3c4ccccc4B4c5ccc(N(c6ccccc6)c6ccccc6)cc5N(c5ccccc5)c5cc(-c6cccc7c6C6c8ccccc8C7c7ccccc76)cc3c54)c2)cc1. The van der Waals surface area contributed by atoms with E-state index in [2.05, 4.69) is 282 Å². The standard InChI is InChI=1S/C68H46BN3/c1-5-21-45(22-6-1)46-23-19-30-51(41-46)72-61-38-18-17-37-59(61)69-60-40-39-52(70(48-24-7-2-8-25-48)49-26-9-3-10-27-49)44-62(60)71(50-28-11-4-12-29-50)63-42-47(43-64(72)68(63)69)53-35-20-36-58-65-54-31-13-15-33-56(54)67(66(53)58)57-34-16-14-32-55(57)65/h1-44,65,67H. The molecule has 72 heavy (non-hydrogen) atoms. The predicted octanol–water partition coefficient (Wildman–Crippen LogP) is 15.6. The van der Waals surface area contributed by atoms with Crippen molar-refractivity contribution in [1.82, 2.24) is 0 Å². The smallest absolute Gasteiger partial charge is 0.252 e. The molecule has 0 fully saturated rings. The first kappa shape index (κ1) is 40.7. The second kappa shape index (κ2) is 16.2. The highest BCUT2D eigenvalue weighted by Gasteiger charge is 2.46. The van der Waals surface area contributed by atoms with E-state index in [-0.39, 0.29) is 18.5 Å². The topological polar surface area (TPSA) is 9.72 Å². The minimum Gasteiger partial charge on any atom is -0.311 e. The Kier molecular flexibility index (Phi) is 9.18. The van der Waals surface area contributed by atoms with Gasteiger partial charge in [-0.05, 0) is 151 Å². The second-order valence-corrected chi connectivity index (χ2v) is 19.5. The van der Waals surface area contributed by atoms with Crippen LogP contribution < -0.4 is 31.1 Å². The molecule has 0 amide bonds. The van der Waals surface area contributed by atoms with Crippen molar-refractivity contribution in [3.8, 4) is 22.3 Å². The van der Waals surface area contributed by atoms with E-state index in [0.29, 0.717) is 0 Å². The Morgan fingerprint density at radius 1 is 0.306 bits per heavy atom. The van der Waals surface area contributed by atoms with Gasteiger partial charge in [-0.3, -0.25) is 0 Å². The number of para-hydroxylation sites is 4. The molecule has 3 aliphatic carbocycles. The van der Waals surface area contributed by atoms with Gasteiger partial charge in [0.15, 0.2) is 0 Å². The van der Waals surface area contributed by atoms with Crippen LogP contribution in [0.3, 0.4) is 0 Å². The molecule has 0 saturated carbocycles. The van der Waals surface area contributed by atoms with Crippen molar-refractivity contribution in [2.45, 2.75) is 11.8 Å². The minimum absolute atomic E-state index is 0.0424. The van der Waals surface area contributed by atoms with Crippen molar-refractivity contribution in [3.63, 3.8) is 0 Å². The summed E-state index contributed by atoms with van der Waals surface area (Å²) in [4.78, 5) is 7.50. The van der Waals surface area contributed by atoms with Gasteiger partial charge in [-0.25, -0.2) is 0 Å². The highest BCUT2D eigenvalue weighted by Crippen LogP contribution is 2.58. The molecular weight excluding hydrogens is 870 g/mol. The number of anilines is 9. The van der Waals surface area contributed by atoms with Crippen LogP contribution in [0.15, 0.2) is 267 Å². The van der Waals surface area contributed by atoms with Crippen LogP contribution in [0.5, 0.6) is 0 Å². The van der Waals surface area contributed by atoms with Gasteiger partial charge in [0.25, 0.3) is 6.71 Å². The van der Waals surface area contributed by atoms with Crippen molar-refractivity contribution in [2.75, 3.05) is 14.7 Å². The molecule has 2 aliphatic heterocycles. The summed E-state index contributed by atoms with van der Waals surface area (Å²) >= 11 is 0. The highest BCUT2D eigenvalue weighted by molar-refractivity contribution is 7.00. The van der Waals surface area contributed by atoms with E-state index in [1.165, 1.54) is 94.8 Å². The molecule has 336 valence electrons. The van der Waals surface area contributed by atoms with Gasteiger partial charge in [0, 0.05) is 63.0 Å². The van der Waals surface area contributed by atoms with Gasteiger partial charge in [-0.15, -0.1) is 0 Å². The van der Waals surface area contributed by atoms with E-state index in [4.69, 9.17) is 0 Å². The molecule has 0 N–H and O–H groups in total. The molecule has 3 nitrogen and oxygen atoms in total. The molecule has 0 radical (unpaired) electrons. The van der Waals surface area contributed by atoms with Crippen LogP contribution in [0.4, 0.5) is 51.2 Å². The summed E-state index contributed by atoms with van der Waals surface area (Å²) in [5, 5.41) is 0. The quantitative estimate of drug-likeness (QED) is 0.148. The van der Waals surface area contributed by atoms with Gasteiger partial charge < -0.3 is 14.7 Å². The Labute approximate surface area is 421 Å². The van der Waals surface area contributed by atoms with E-state index in [1.54, 1.807) is 0 Å². The van der Waals surface area contributed by atoms with Gasteiger partial charge in [0.05, 0.1) is 0 Å². The summed E-state index contributed by atoms with van der Waals surface area (Å²) in [6, 6.07) is 99.3. The summed E-state index contributed by atoms with van der Waals surface area (Å²) in [5.41, 5.74) is 27.6. The number of nitrogens with zero attached hydrogens (tertiary/aromatic N) is 3. The largest absolute Gasteiger partial charge is 0.311 e. The van der Waals surface area contributed by atoms with E-state index >= 15 is 0 Å². The lowest BCUT2D eigenvalue weighted by Crippen LogP contribution is -2.61. The molecule has 2 bridgehead atoms. The first-order valence-corrected chi connectivity index (χ1v) is 25.2. The van der Waals surface area contributed by atoms with Crippen LogP contribution >= 0.6 is 0 Å². The first-order valence-electron chi connectivity index (χ1n) is 25.2. The average molecular weight is 916 g/mol. The van der Waals surface area contributed by atoms with Gasteiger partial charge in [0.2, 0.25) is 0 Å². The number of hydrogen-bond donors (Lipinski definition) is 0. The molecular formula is C68H46BN3. The molecule has 4 heteroatoms. The molecule has 16 rings (SSSR count). The predicted molar refractivity (Wildman–Crippen MR) is 301 cm³/mol. The summed E-state index contributed by atoms with van der Waals surface area (Å²) in [5.74, 6) is 0.286. The van der Waals surface area contributed by atoms with E-state index in [1.807, 2.05) is 0 Å². The average Bonchev–Trinajstić information content (AvgIpc) is 3.46. The molecule has 0 saturated heterocycles. The van der Waals surface area contributed by atoms with Crippen LogP contribution in [-0.4, -0.2) is 6.71 Å². The maximum Gasteiger partial charge on any atom is 0.252 e. The Morgan fingerprint density at radius 2 is 0.806 bits per heavy atom. The Balaban J connectivity index is 1.03. The lowest BCUT2D eigenvalue weighted by molar-refractivity contribution is 0.756. The zero-order valence-corrected chi connectivity index (χ0v) is 39.5. The zero-order valence-electron chi connectivity index (χ0n) is 39.5. The van der Waals surface area contributed by atoms with Crippen LogP contribution in [0.2, 0.25) is 0 Å². The van der Waals surface area contributed by atoms with Crippen LogP contribution in [0, 0.1) is 0 Å². The van der Waals surface area contributed by atoms with Crippen molar-refractivity contribution in [3.05, 3.63) is 300 Å². The highest BCUT2D eigenvalue weighted by atomic mass is 15.2. The fourth-order valence-electron chi connectivity index (χ4n) is 12.9. The van der Waals surface area contributed by atoms with Gasteiger partial charge in [0.1, 0.15) is 0 Å². The molecule has 0 aromatic heterocycles. The second-order valence-electron chi connectivity index (χ2n) is 19.5. The minimum atomic E-state index is -0.0424. The molecule has 11 aromatic carbocycles. The van der Waals surface area contributed by atoms with Crippen LogP contribution in [0.1, 0.15) is 45.2 Å². The third kappa shape index (κ3) is 6.12. The molecule has 11 aromatic rings. The Hall–Kier alpha value is -9.12. The third-order valence-electron chi connectivity index (χ3n) is 15.8. The van der Waals surface area contributed by atoms with Crippen LogP contribution in [-0.2, 0) is 0 Å². The van der Waals surface area contributed by atoms with E-state index < -0.39 is 0 Å². The summed E-state index contributed by atoms with van der Waals surface area (Å²) in [7, 11) is 0. The maximum atomic E-state index is 2.56. The fraction of sp³-hybridized carbons (Fsp3) is 0.0294. The van der Waals surface area contributed by atoms with Gasteiger partial charge in [-0.1, -0.05) is 188 Å².